The molecule has 1 aromatic rings. The van der Waals surface area contributed by atoms with Crippen LogP contribution in [0.15, 0.2) is 30.3 Å². The molecular weight excluding hydrogens is 374 g/mol. The molecule has 1 aromatic carbocycles. The van der Waals surface area contributed by atoms with E-state index in [9.17, 15) is 0 Å². The summed E-state index contributed by atoms with van der Waals surface area (Å²) in [6.07, 6.45) is 4.67. The van der Waals surface area contributed by atoms with Crippen LogP contribution in [0.1, 0.15) is 99.2 Å². The van der Waals surface area contributed by atoms with Crippen LogP contribution in [0.5, 0.6) is 0 Å². The van der Waals surface area contributed by atoms with Crippen molar-refractivity contribution in [2.75, 3.05) is 13.2 Å². The van der Waals surface area contributed by atoms with Crippen LogP contribution in [0.4, 0.5) is 0 Å². The maximum atomic E-state index is 6.79. The molecule has 1 saturated heterocycles. The van der Waals surface area contributed by atoms with Crippen molar-refractivity contribution in [3.05, 3.63) is 35.9 Å². The normalized spacial score (nSPS) is 30.3. The topological polar surface area (TPSA) is 30.9 Å². The Morgan fingerprint density at radius 1 is 0.967 bits per heavy atom. The Balaban J connectivity index is 2.45. The molecular formula is C26H45NO3. The Morgan fingerprint density at radius 3 is 2.00 bits per heavy atom. The first kappa shape index (κ1) is 25.3. The van der Waals surface area contributed by atoms with Crippen molar-refractivity contribution in [3.8, 4) is 0 Å². The minimum atomic E-state index is -0.586. The highest BCUT2D eigenvalue weighted by atomic mass is 16.7. The van der Waals surface area contributed by atoms with Gasteiger partial charge in [-0.3, -0.25) is 4.84 Å². The van der Waals surface area contributed by atoms with Gasteiger partial charge in [-0.05, 0) is 52.0 Å². The maximum Gasteiger partial charge on any atom is 0.174 e. The summed E-state index contributed by atoms with van der Waals surface area (Å²) >= 11 is 0. The fraction of sp³-hybridized carbons (Fsp3) is 0.769. The molecule has 1 aliphatic heterocycles. The molecule has 4 heteroatoms. The Kier molecular flexibility index (Phi) is 8.93. The van der Waals surface area contributed by atoms with Crippen molar-refractivity contribution in [1.29, 1.82) is 0 Å². The van der Waals surface area contributed by atoms with E-state index in [1.165, 1.54) is 5.56 Å². The second-order valence-corrected chi connectivity index (χ2v) is 9.42. The first-order valence-electron chi connectivity index (χ1n) is 12.0. The molecule has 2 rings (SSSR count). The highest BCUT2D eigenvalue weighted by Gasteiger charge is 2.62. The zero-order chi connectivity index (χ0) is 22.4. The van der Waals surface area contributed by atoms with Crippen LogP contribution < -0.4 is 0 Å². The third-order valence-electron chi connectivity index (χ3n) is 7.29. The first-order chi connectivity index (χ1) is 14.2. The van der Waals surface area contributed by atoms with E-state index in [2.05, 4.69) is 90.8 Å². The van der Waals surface area contributed by atoms with Crippen molar-refractivity contribution < 1.29 is 14.3 Å². The van der Waals surface area contributed by atoms with E-state index >= 15 is 0 Å². The quantitative estimate of drug-likeness (QED) is 0.365. The van der Waals surface area contributed by atoms with Gasteiger partial charge in [0.05, 0.1) is 5.54 Å². The lowest BCUT2D eigenvalue weighted by molar-refractivity contribution is -0.396. The van der Waals surface area contributed by atoms with Crippen molar-refractivity contribution in [1.82, 2.24) is 5.06 Å². The summed E-state index contributed by atoms with van der Waals surface area (Å²) in [5, 5.41) is 2.31. The predicted octanol–water partition coefficient (Wildman–Crippen LogP) is 6.91. The Labute approximate surface area is 185 Å². The fourth-order valence-corrected chi connectivity index (χ4v) is 4.87. The molecule has 4 nitrogen and oxygen atoms in total. The standard InChI is InChI=1S/C26H45NO3/c1-9-18-28-26(29-19-10-2)20-24(7,11-3)27(25(8,12-4)22(26)6)30-21(5)23-16-14-13-15-17-23/h13-17,21-22H,9-12,18-20H2,1-8H3. The van der Waals surface area contributed by atoms with E-state index in [1.54, 1.807) is 0 Å². The van der Waals surface area contributed by atoms with Crippen LogP contribution in [0.25, 0.3) is 0 Å². The molecule has 0 bridgehead atoms. The van der Waals surface area contributed by atoms with Gasteiger partial charge < -0.3 is 9.47 Å². The summed E-state index contributed by atoms with van der Waals surface area (Å²) in [5.74, 6) is -0.423. The van der Waals surface area contributed by atoms with Crippen LogP contribution in [0, 0.1) is 5.92 Å². The molecule has 1 heterocycles. The van der Waals surface area contributed by atoms with Crippen molar-refractivity contribution in [3.63, 3.8) is 0 Å². The van der Waals surface area contributed by atoms with E-state index in [0.717, 1.165) is 45.3 Å². The zero-order valence-electron chi connectivity index (χ0n) is 20.7. The minimum absolute atomic E-state index is 0.0178. The van der Waals surface area contributed by atoms with Gasteiger partial charge >= 0.3 is 0 Å². The van der Waals surface area contributed by atoms with Gasteiger partial charge in [-0.1, -0.05) is 65.0 Å². The van der Waals surface area contributed by atoms with Gasteiger partial charge in [0.1, 0.15) is 6.10 Å². The third kappa shape index (κ3) is 4.93. The van der Waals surface area contributed by atoms with Crippen LogP contribution in [0.3, 0.4) is 0 Å². The minimum Gasteiger partial charge on any atom is -0.349 e. The Morgan fingerprint density at radius 2 is 1.53 bits per heavy atom. The number of ether oxygens (including phenoxy) is 2. The van der Waals surface area contributed by atoms with Crippen LogP contribution in [0.2, 0.25) is 0 Å². The average Bonchev–Trinajstić information content (AvgIpc) is 2.77. The smallest absolute Gasteiger partial charge is 0.174 e. The molecule has 30 heavy (non-hydrogen) atoms. The SMILES string of the molecule is CCCOC1(OCCC)CC(C)(CC)N(OC(C)c2ccccc2)C(C)(CC)C1C. The van der Waals surface area contributed by atoms with Gasteiger partial charge in [-0.25, -0.2) is 0 Å². The van der Waals surface area contributed by atoms with Crippen molar-refractivity contribution in [2.45, 2.75) is 110 Å². The van der Waals surface area contributed by atoms with E-state index in [1.807, 2.05) is 0 Å². The predicted molar refractivity (Wildman–Crippen MR) is 124 cm³/mol. The summed E-state index contributed by atoms with van der Waals surface area (Å²) in [7, 11) is 0. The number of hydroxylamine groups is 2. The molecule has 0 radical (unpaired) electrons. The van der Waals surface area contributed by atoms with Gasteiger partial charge in [0.15, 0.2) is 5.79 Å². The number of hydrogen-bond acceptors (Lipinski definition) is 4. The molecule has 0 aromatic heterocycles. The summed E-state index contributed by atoms with van der Waals surface area (Å²) in [6.45, 7) is 19.3. The largest absolute Gasteiger partial charge is 0.349 e. The molecule has 0 saturated carbocycles. The van der Waals surface area contributed by atoms with Crippen LogP contribution in [-0.2, 0) is 14.3 Å². The third-order valence-corrected chi connectivity index (χ3v) is 7.29. The van der Waals surface area contributed by atoms with Gasteiger partial charge in [0.2, 0.25) is 0 Å². The summed E-state index contributed by atoms with van der Waals surface area (Å²) in [4.78, 5) is 6.79. The van der Waals surface area contributed by atoms with Gasteiger partial charge in [-0.2, -0.15) is 5.06 Å². The van der Waals surface area contributed by atoms with Crippen molar-refractivity contribution >= 4 is 0 Å². The second kappa shape index (κ2) is 10.6. The average molecular weight is 420 g/mol. The Hall–Kier alpha value is -0.940. The van der Waals surface area contributed by atoms with Gasteiger partial charge in [0, 0.05) is 31.1 Å². The van der Waals surface area contributed by atoms with E-state index < -0.39 is 5.79 Å². The number of piperidine rings is 1. The highest BCUT2D eigenvalue weighted by Crippen LogP contribution is 2.53. The number of hydrogen-bond donors (Lipinski definition) is 0. The van der Waals surface area contributed by atoms with Crippen LogP contribution >= 0.6 is 0 Å². The maximum absolute atomic E-state index is 6.79. The van der Waals surface area contributed by atoms with Crippen LogP contribution in [-0.4, -0.2) is 35.1 Å². The second-order valence-electron chi connectivity index (χ2n) is 9.42. The lowest BCUT2D eigenvalue weighted by atomic mass is 9.67. The lowest BCUT2D eigenvalue weighted by Gasteiger charge is -2.63. The summed E-state index contributed by atoms with van der Waals surface area (Å²) in [5.41, 5.74) is 0.790. The molecule has 172 valence electrons. The van der Waals surface area contributed by atoms with Gasteiger partial charge in [-0.15, -0.1) is 0 Å². The first-order valence-corrected chi connectivity index (χ1v) is 12.0. The monoisotopic (exact) mass is 419 g/mol. The molecule has 0 amide bonds. The molecule has 4 unspecified atom stereocenters. The number of rotatable bonds is 11. The number of nitrogens with zero attached hydrogens (tertiary/aromatic N) is 1. The van der Waals surface area contributed by atoms with E-state index in [-0.39, 0.29) is 23.1 Å². The molecule has 1 fully saturated rings. The summed E-state index contributed by atoms with van der Waals surface area (Å²) in [6, 6.07) is 10.5. The van der Waals surface area contributed by atoms with E-state index in [4.69, 9.17) is 14.3 Å². The molecule has 0 aliphatic carbocycles. The molecule has 0 N–H and O–H groups in total. The highest BCUT2D eigenvalue weighted by molar-refractivity contribution is 5.17. The number of benzene rings is 1. The summed E-state index contributed by atoms with van der Waals surface area (Å²) < 4.78 is 13.1. The molecule has 4 atom stereocenters. The zero-order valence-corrected chi connectivity index (χ0v) is 20.7. The fourth-order valence-electron chi connectivity index (χ4n) is 4.87. The molecule has 1 aliphatic rings. The van der Waals surface area contributed by atoms with Crippen molar-refractivity contribution in [2.24, 2.45) is 5.92 Å². The van der Waals surface area contributed by atoms with E-state index in [0.29, 0.717) is 0 Å². The molecule has 0 spiro atoms. The Bertz CT molecular complexity index is 628. The van der Waals surface area contributed by atoms with Gasteiger partial charge in [0.25, 0.3) is 0 Å². The lowest BCUT2D eigenvalue weighted by Crippen LogP contribution is -2.72.